The Morgan fingerprint density at radius 1 is 1.28 bits per heavy atom. The number of pyridine rings is 1. The van der Waals surface area contributed by atoms with Gasteiger partial charge in [0.2, 0.25) is 0 Å². The predicted molar refractivity (Wildman–Crippen MR) is 101 cm³/mol. The van der Waals surface area contributed by atoms with Gasteiger partial charge in [-0.3, -0.25) is 4.79 Å². The Morgan fingerprint density at radius 2 is 2.24 bits per heavy atom. The molecule has 3 aromatic rings. The summed E-state index contributed by atoms with van der Waals surface area (Å²) in [5, 5.41) is 1.16. The van der Waals surface area contributed by atoms with Crippen LogP contribution in [0.3, 0.4) is 0 Å². The van der Waals surface area contributed by atoms with Crippen LogP contribution in [-0.2, 0) is 12.8 Å². The summed E-state index contributed by atoms with van der Waals surface area (Å²) in [6, 6.07) is 6.19. The molecular formula is C20H19N3OS. The number of amides is 1. The Morgan fingerprint density at radius 3 is 3.08 bits per heavy atom. The molecule has 1 aliphatic carbocycles. The number of aromatic nitrogens is 2. The van der Waals surface area contributed by atoms with Crippen LogP contribution in [-0.4, -0.2) is 33.9 Å². The summed E-state index contributed by atoms with van der Waals surface area (Å²) < 4.78 is 0. The Kier molecular flexibility index (Phi) is 3.48. The molecule has 0 spiro atoms. The Balaban J connectivity index is 1.37. The SMILES string of the molecule is O=C(c1cc2c(s1)CCC2)N1CC=C(c2c[nH]c3ncccc23)CC1. The molecule has 0 saturated carbocycles. The zero-order chi connectivity index (χ0) is 16.8. The Labute approximate surface area is 150 Å². The highest BCUT2D eigenvalue weighted by atomic mass is 32.1. The average Bonchev–Trinajstić information content (AvgIpc) is 3.35. The maximum atomic E-state index is 12.8. The van der Waals surface area contributed by atoms with Crippen molar-refractivity contribution in [1.29, 1.82) is 0 Å². The smallest absolute Gasteiger partial charge is 0.264 e. The molecule has 0 saturated heterocycles. The van der Waals surface area contributed by atoms with Gasteiger partial charge in [-0.1, -0.05) is 6.08 Å². The fraction of sp³-hybridized carbons (Fsp3) is 0.300. The molecule has 5 rings (SSSR count). The molecule has 3 aromatic heterocycles. The number of carbonyl (C=O) groups is 1. The second-order valence-electron chi connectivity index (χ2n) is 6.75. The number of nitrogens with zero attached hydrogens (tertiary/aromatic N) is 2. The van der Waals surface area contributed by atoms with E-state index in [0.717, 1.165) is 41.7 Å². The Hall–Kier alpha value is -2.40. The van der Waals surface area contributed by atoms with Crippen molar-refractivity contribution >= 4 is 33.9 Å². The summed E-state index contributed by atoms with van der Waals surface area (Å²) in [5.41, 5.74) is 4.83. The highest BCUT2D eigenvalue weighted by Gasteiger charge is 2.24. The lowest BCUT2D eigenvalue weighted by atomic mass is 9.99. The molecule has 0 fully saturated rings. The molecule has 0 atom stereocenters. The first-order valence-corrected chi connectivity index (χ1v) is 9.63. The minimum atomic E-state index is 0.190. The molecule has 4 heterocycles. The van der Waals surface area contributed by atoms with E-state index in [-0.39, 0.29) is 5.91 Å². The van der Waals surface area contributed by atoms with Crippen molar-refractivity contribution in [3.63, 3.8) is 0 Å². The number of hydrogen-bond acceptors (Lipinski definition) is 3. The number of aryl methyl sites for hydroxylation is 2. The van der Waals surface area contributed by atoms with Gasteiger partial charge in [0.25, 0.3) is 5.91 Å². The first-order valence-electron chi connectivity index (χ1n) is 8.82. The molecule has 2 aliphatic rings. The summed E-state index contributed by atoms with van der Waals surface area (Å²) in [4.78, 5) is 24.7. The molecular weight excluding hydrogens is 330 g/mol. The molecule has 0 radical (unpaired) electrons. The van der Waals surface area contributed by atoms with E-state index in [9.17, 15) is 4.79 Å². The summed E-state index contributed by atoms with van der Waals surface area (Å²) in [6.07, 6.45) is 10.4. The Bertz CT molecular complexity index is 976. The van der Waals surface area contributed by atoms with Crippen LogP contribution >= 0.6 is 11.3 Å². The van der Waals surface area contributed by atoms with Gasteiger partial charge < -0.3 is 9.88 Å². The van der Waals surface area contributed by atoms with Crippen LogP contribution in [0, 0.1) is 0 Å². The van der Waals surface area contributed by atoms with Crippen molar-refractivity contribution in [2.24, 2.45) is 0 Å². The van der Waals surface area contributed by atoms with Crippen molar-refractivity contribution in [1.82, 2.24) is 14.9 Å². The van der Waals surface area contributed by atoms with Crippen LogP contribution in [0.25, 0.3) is 16.6 Å². The third-order valence-corrected chi connectivity index (χ3v) is 6.48. The molecule has 126 valence electrons. The molecule has 0 aromatic carbocycles. The van der Waals surface area contributed by atoms with E-state index in [1.165, 1.54) is 28.0 Å². The van der Waals surface area contributed by atoms with E-state index in [0.29, 0.717) is 6.54 Å². The molecule has 0 bridgehead atoms. The number of hydrogen-bond donors (Lipinski definition) is 1. The minimum Gasteiger partial charge on any atom is -0.346 e. The van der Waals surface area contributed by atoms with E-state index in [4.69, 9.17) is 0 Å². The van der Waals surface area contributed by atoms with E-state index in [1.54, 1.807) is 17.5 Å². The van der Waals surface area contributed by atoms with Crippen LogP contribution in [0.5, 0.6) is 0 Å². The fourth-order valence-corrected chi connectivity index (χ4v) is 5.13. The minimum absolute atomic E-state index is 0.190. The second kappa shape index (κ2) is 5.85. The van der Waals surface area contributed by atoms with Gasteiger partial charge in [-0.05, 0) is 55.0 Å². The lowest BCUT2D eigenvalue weighted by Crippen LogP contribution is -2.34. The van der Waals surface area contributed by atoms with Gasteiger partial charge >= 0.3 is 0 Å². The number of carbonyl (C=O) groups excluding carboxylic acids is 1. The lowest BCUT2D eigenvalue weighted by Gasteiger charge is -2.26. The van der Waals surface area contributed by atoms with Crippen molar-refractivity contribution < 1.29 is 4.79 Å². The summed E-state index contributed by atoms with van der Waals surface area (Å²) in [6.45, 7) is 1.46. The predicted octanol–water partition coefficient (Wildman–Crippen LogP) is 4.04. The van der Waals surface area contributed by atoms with Gasteiger partial charge in [0, 0.05) is 41.3 Å². The number of H-pyrrole nitrogens is 1. The molecule has 1 N–H and O–H groups in total. The number of thiophene rings is 1. The fourth-order valence-electron chi connectivity index (χ4n) is 3.91. The molecule has 1 aliphatic heterocycles. The number of aromatic amines is 1. The molecule has 4 nitrogen and oxygen atoms in total. The van der Waals surface area contributed by atoms with Crippen LogP contribution in [0.1, 0.15) is 38.5 Å². The molecule has 25 heavy (non-hydrogen) atoms. The second-order valence-corrected chi connectivity index (χ2v) is 7.88. The number of fused-ring (bicyclic) bond motifs is 2. The average molecular weight is 349 g/mol. The topological polar surface area (TPSA) is 49.0 Å². The summed E-state index contributed by atoms with van der Waals surface area (Å²) >= 11 is 1.70. The number of nitrogens with one attached hydrogen (secondary N) is 1. The normalized spacial score (nSPS) is 17.0. The van der Waals surface area contributed by atoms with Gasteiger partial charge in [-0.15, -0.1) is 11.3 Å². The number of rotatable bonds is 2. The first kappa shape index (κ1) is 14.9. The van der Waals surface area contributed by atoms with E-state index >= 15 is 0 Å². The molecule has 1 amide bonds. The van der Waals surface area contributed by atoms with Gasteiger partial charge in [0.05, 0.1) is 4.88 Å². The molecule has 0 unspecified atom stereocenters. The maximum Gasteiger partial charge on any atom is 0.264 e. The maximum absolute atomic E-state index is 12.8. The highest BCUT2D eigenvalue weighted by molar-refractivity contribution is 7.14. The lowest BCUT2D eigenvalue weighted by molar-refractivity contribution is 0.0777. The summed E-state index contributed by atoms with van der Waals surface area (Å²) in [5.74, 6) is 0.190. The van der Waals surface area contributed by atoms with Crippen molar-refractivity contribution in [3.05, 3.63) is 57.6 Å². The van der Waals surface area contributed by atoms with Crippen LogP contribution in [0.15, 0.2) is 36.7 Å². The van der Waals surface area contributed by atoms with Crippen molar-refractivity contribution in [3.8, 4) is 0 Å². The van der Waals surface area contributed by atoms with E-state index in [1.807, 2.05) is 17.2 Å². The standard InChI is InChI=1S/C20H19N3OS/c24-20(18-11-14-3-1-5-17(14)25-18)23-9-6-13(7-10-23)16-12-22-19-15(16)4-2-8-21-19/h2,4,6,8,11-12H,1,3,5,7,9-10H2,(H,21,22). The van der Waals surface area contributed by atoms with Crippen LogP contribution in [0.4, 0.5) is 0 Å². The first-order chi connectivity index (χ1) is 12.3. The molecule has 5 heteroatoms. The third kappa shape index (κ3) is 2.50. The summed E-state index contributed by atoms with van der Waals surface area (Å²) in [7, 11) is 0. The largest absolute Gasteiger partial charge is 0.346 e. The van der Waals surface area contributed by atoms with E-state index < -0.39 is 0 Å². The quantitative estimate of drug-likeness (QED) is 0.759. The van der Waals surface area contributed by atoms with Gasteiger partial charge in [0.1, 0.15) is 5.65 Å². The van der Waals surface area contributed by atoms with Gasteiger partial charge in [0.15, 0.2) is 0 Å². The third-order valence-electron chi connectivity index (χ3n) is 5.25. The van der Waals surface area contributed by atoms with Gasteiger partial charge in [-0.25, -0.2) is 4.98 Å². The van der Waals surface area contributed by atoms with Crippen LogP contribution in [0.2, 0.25) is 0 Å². The monoisotopic (exact) mass is 349 g/mol. The van der Waals surface area contributed by atoms with Crippen LogP contribution < -0.4 is 0 Å². The zero-order valence-corrected chi connectivity index (χ0v) is 14.7. The van der Waals surface area contributed by atoms with Gasteiger partial charge in [-0.2, -0.15) is 0 Å². The van der Waals surface area contributed by atoms with E-state index in [2.05, 4.69) is 28.2 Å². The zero-order valence-electron chi connectivity index (χ0n) is 13.9. The van der Waals surface area contributed by atoms with Crippen molar-refractivity contribution in [2.45, 2.75) is 25.7 Å². The van der Waals surface area contributed by atoms with Crippen molar-refractivity contribution in [2.75, 3.05) is 13.1 Å². The highest BCUT2D eigenvalue weighted by Crippen LogP contribution is 2.33.